The summed E-state index contributed by atoms with van der Waals surface area (Å²) < 4.78 is 0. The Kier molecular flexibility index (Phi) is 9.08. The van der Waals surface area contributed by atoms with Crippen molar-refractivity contribution >= 4 is 57.6 Å². The second-order valence-corrected chi connectivity index (χ2v) is 8.10. The molecule has 0 heterocycles. The molecule has 2 aromatic rings. The second-order valence-electron chi connectivity index (χ2n) is 6.92. The molecule has 6 nitrogen and oxygen atoms in total. The van der Waals surface area contributed by atoms with E-state index in [0.29, 0.717) is 9.98 Å². The zero-order valence-electron chi connectivity index (χ0n) is 18.3. The largest absolute Gasteiger partial charge is 0.273 e. The van der Waals surface area contributed by atoms with Gasteiger partial charge in [0.15, 0.2) is 0 Å². The monoisotopic (exact) mass is 456 g/mol. The van der Waals surface area contributed by atoms with Crippen molar-refractivity contribution < 1.29 is 9.59 Å². The van der Waals surface area contributed by atoms with Crippen LogP contribution < -0.4 is 20.9 Å². The molecule has 0 fully saturated rings. The van der Waals surface area contributed by atoms with Crippen LogP contribution >= 0.6 is 24.4 Å². The van der Waals surface area contributed by atoms with Crippen molar-refractivity contribution in [2.24, 2.45) is 0 Å². The van der Waals surface area contributed by atoms with Crippen LogP contribution in [-0.2, 0) is 22.4 Å². The van der Waals surface area contributed by atoms with Gasteiger partial charge in [-0.2, -0.15) is 0 Å². The number of anilines is 2. The van der Waals surface area contributed by atoms with Gasteiger partial charge in [0.1, 0.15) is 6.42 Å². The fraction of sp³-hybridized carbons (Fsp3) is 0.304. The predicted molar refractivity (Wildman–Crippen MR) is 134 cm³/mol. The van der Waals surface area contributed by atoms with E-state index in [4.69, 9.17) is 24.4 Å². The molecule has 0 aromatic heterocycles. The number of hydrazine groups is 2. The Bertz CT molecular complexity index is 900. The molecule has 0 aliphatic carbocycles. The highest BCUT2D eigenvalue weighted by Crippen LogP contribution is 2.21. The van der Waals surface area contributed by atoms with Crippen molar-refractivity contribution in [1.29, 1.82) is 0 Å². The summed E-state index contributed by atoms with van der Waals surface area (Å²) in [5.41, 5.74) is 9.15. The molecule has 2 amide bonds. The molecule has 2 N–H and O–H groups in total. The number of thiocarbonyl (C=S) groups is 2. The van der Waals surface area contributed by atoms with Gasteiger partial charge in [0.25, 0.3) is 0 Å². The Balaban J connectivity index is 2.12. The van der Waals surface area contributed by atoms with Crippen molar-refractivity contribution in [3.8, 4) is 0 Å². The number of para-hydroxylation sites is 2. The average Bonchev–Trinajstić information content (AvgIpc) is 2.75. The van der Waals surface area contributed by atoms with Crippen LogP contribution in [0.3, 0.4) is 0 Å². The number of rotatable bonds is 6. The van der Waals surface area contributed by atoms with Crippen LogP contribution in [0.15, 0.2) is 48.5 Å². The quantitative estimate of drug-likeness (QED) is 0.384. The first kappa shape index (κ1) is 24.4. The zero-order chi connectivity index (χ0) is 23.0. The van der Waals surface area contributed by atoms with Crippen LogP contribution in [0.4, 0.5) is 11.4 Å². The summed E-state index contributed by atoms with van der Waals surface area (Å²) in [6.45, 7) is 7.50. The lowest BCUT2D eigenvalue weighted by Crippen LogP contribution is -2.49. The standard InChI is InChI=1S/C23H28N4O2S2/c1-5-18-11-7-9-13-20(18)26(16(3)30)24-22(28)15-23(29)25-27(17(4)31)21-14-10-8-12-19(21)6-2/h7-14H,5-6,15H2,1-4H3,(H,24,28)(H,25,29). The molecule has 31 heavy (non-hydrogen) atoms. The molecule has 0 aliphatic rings. The highest BCUT2D eigenvalue weighted by molar-refractivity contribution is 7.80. The third kappa shape index (κ3) is 6.57. The summed E-state index contributed by atoms with van der Waals surface area (Å²) in [5, 5.41) is 3.08. The number of amides is 2. The summed E-state index contributed by atoms with van der Waals surface area (Å²) in [4.78, 5) is 26.2. The number of benzene rings is 2. The summed E-state index contributed by atoms with van der Waals surface area (Å²) >= 11 is 10.6. The summed E-state index contributed by atoms with van der Waals surface area (Å²) in [7, 11) is 0. The van der Waals surface area contributed by atoms with Crippen molar-refractivity contribution in [3.63, 3.8) is 0 Å². The number of aryl methyl sites for hydroxylation is 2. The van der Waals surface area contributed by atoms with Crippen LogP contribution in [-0.4, -0.2) is 21.8 Å². The second kappa shape index (κ2) is 11.5. The minimum Gasteiger partial charge on any atom is -0.273 e. The van der Waals surface area contributed by atoms with Gasteiger partial charge in [-0.1, -0.05) is 74.7 Å². The van der Waals surface area contributed by atoms with E-state index < -0.39 is 11.8 Å². The summed E-state index contributed by atoms with van der Waals surface area (Å²) in [5.74, 6) is -0.947. The van der Waals surface area contributed by atoms with Crippen LogP contribution in [0.25, 0.3) is 0 Å². The van der Waals surface area contributed by atoms with Crippen LogP contribution in [0.1, 0.15) is 45.2 Å². The summed E-state index contributed by atoms with van der Waals surface area (Å²) in [6.07, 6.45) is 1.19. The van der Waals surface area contributed by atoms with E-state index in [-0.39, 0.29) is 6.42 Å². The minimum absolute atomic E-state index is 0.374. The molecule has 164 valence electrons. The lowest BCUT2D eigenvalue weighted by atomic mass is 10.1. The first-order valence-electron chi connectivity index (χ1n) is 10.1. The Morgan fingerprint density at radius 2 is 1.10 bits per heavy atom. The molecular formula is C23H28N4O2S2. The van der Waals surface area contributed by atoms with E-state index in [2.05, 4.69) is 10.9 Å². The predicted octanol–water partition coefficient (Wildman–Crippen LogP) is 4.27. The van der Waals surface area contributed by atoms with E-state index in [0.717, 1.165) is 35.3 Å². The SMILES string of the molecule is CCc1ccccc1N(NC(=O)CC(=O)NN(C(C)=S)c1ccccc1CC)C(C)=S. The minimum atomic E-state index is -0.474. The normalized spacial score (nSPS) is 10.2. The Morgan fingerprint density at radius 3 is 1.42 bits per heavy atom. The first-order valence-corrected chi connectivity index (χ1v) is 11.0. The molecule has 0 radical (unpaired) electrons. The van der Waals surface area contributed by atoms with E-state index in [9.17, 15) is 9.59 Å². The fourth-order valence-corrected chi connectivity index (χ4v) is 3.44. The maximum Gasteiger partial charge on any atom is 0.248 e. The maximum absolute atomic E-state index is 12.6. The number of nitrogens with zero attached hydrogens (tertiary/aromatic N) is 2. The van der Waals surface area contributed by atoms with Gasteiger partial charge in [0, 0.05) is 0 Å². The van der Waals surface area contributed by atoms with E-state index in [1.807, 2.05) is 62.4 Å². The van der Waals surface area contributed by atoms with Crippen molar-refractivity contribution in [3.05, 3.63) is 59.7 Å². The Labute approximate surface area is 194 Å². The molecule has 0 unspecified atom stereocenters. The van der Waals surface area contributed by atoms with Gasteiger partial charge in [-0.3, -0.25) is 20.4 Å². The molecule has 8 heteroatoms. The fourth-order valence-electron chi connectivity index (χ4n) is 3.15. The Morgan fingerprint density at radius 1 is 0.742 bits per heavy atom. The Hall–Kier alpha value is -2.84. The lowest BCUT2D eigenvalue weighted by molar-refractivity contribution is -0.129. The molecule has 0 atom stereocenters. The van der Waals surface area contributed by atoms with Crippen LogP contribution in [0, 0.1) is 0 Å². The van der Waals surface area contributed by atoms with Crippen molar-refractivity contribution in [2.45, 2.75) is 47.0 Å². The molecule has 0 saturated carbocycles. The molecule has 2 aromatic carbocycles. The lowest BCUT2D eigenvalue weighted by Gasteiger charge is -2.27. The number of carbonyl (C=O) groups excluding carboxylic acids is 2. The van der Waals surface area contributed by atoms with Crippen LogP contribution in [0.5, 0.6) is 0 Å². The van der Waals surface area contributed by atoms with Crippen molar-refractivity contribution in [2.75, 3.05) is 10.0 Å². The van der Waals surface area contributed by atoms with Gasteiger partial charge in [0.2, 0.25) is 11.8 Å². The highest BCUT2D eigenvalue weighted by atomic mass is 32.1. The van der Waals surface area contributed by atoms with Crippen LogP contribution in [0.2, 0.25) is 0 Å². The number of carbonyl (C=O) groups is 2. The van der Waals surface area contributed by atoms with Gasteiger partial charge in [-0.15, -0.1) is 0 Å². The van der Waals surface area contributed by atoms with Gasteiger partial charge >= 0.3 is 0 Å². The molecular weight excluding hydrogens is 428 g/mol. The van der Waals surface area contributed by atoms with Crippen molar-refractivity contribution in [1.82, 2.24) is 10.9 Å². The maximum atomic E-state index is 12.6. The van der Waals surface area contributed by atoms with Gasteiger partial charge in [-0.25, -0.2) is 10.0 Å². The van der Waals surface area contributed by atoms with E-state index in [1.54, 1.807) is 23.9 Å². The van der Waals surface area contributed by atoms with E-state index >= 15 is 0 Å². The number of hydrogen-bond donors (Lipinski definition) is 2. The molecule has 0 spiro atoms. The topological polar surface area (TPSA) is 64.7 Å². The molecule has 2 rings (SSSR count). The van der Waals surface area contributed by atoms with E-state index in [1.165, 1.54) is 0 Å². The number of hydrogen-bond acceptors (Lipinski definition) is 4. The van der Waals surface area contributed by atoms with Gasteiger partial charge in [0.05, 0.1) is 21.4 Å². The van der Waals surface area contributed by atoms with Gasteiger partial charge < -0.3 is 0 Å². The highest BCUT2D eigenvalue weighted by Gasteiger charge is 2.20. The molecule has 0 aliphatic heterocycles. The first-order chi connectivity index (χ1) is 14.8. The molecule has 0 bridgehead atoms. The number of nitrogens with one attached hydrogen (secondary N) is 2. The third-order valence-electron chi connectivity index (χ3n) is 4.65. The average molecular weight is 457 g/mol. The summed E-state index contributed by atoms with van der Waals surface area (Å²) in [6, 6.07) is 15.3. The molecule has 0 saturated heterocycles. The van der Waals surface area contributed by atoms with Gasteiger partial charge in [-0.05, 0) is 49.9 Å². The zero-order valence-corrected chi connectivity index (χ0v) is 19.9. The smallest absolute Gasteiger partial charge is 0.248 e. The third-order valence-corrected chi connectivity index (χ3v) is 5.02.